The lowest BCUT2D eigenvalue weighted by atomic mass is 9.90. The zero-order chi connectivity index (χ0) is 25.8. The second kappa shape index (κ2) is 11.9. The lowest BCUT2D eigenvalue weighted by molar-refractivity contribution is 0.129. The van der Waals surface area contributed by atoms with Crippen LogP contribution in [0.4, 0.5) is 16.9 Å². The average molecular weight is 535 g/mol. The average Bonchev–Trinajstić information content (AvgIpc) is 3.33. The fourth-order valence-electron chi connectivity index (χ4n) is 4.73. The van der Waals surface area contributed by atoms with Gasteiger partial charge < -0.3 is 24.6 Å². The maximum Gasteiger partial charge on any atom is 0.230 e. The standard InChI is InChI=1S/C23H34N8O3S2/c1-5-16-7-18(8-17(6-2)31(16)36(33)30-12-15(10-24)13-30)29(3)22-26-20(9-21(28-22)34-4)27-23-25-11-19(14-32)35-23/h9,11,15-18,32H,5-8,12-14H2,1-4H3,(H,25,26,27,28). The minimum absolute atomic E-state index is 0.0228. The Morgan fingerprint density at radius 2 is 2.00 bits per heavy atom. The number of methoxy groups -OCH3 is 1. The summed E-state index contributed by atoms with van der Waals surface area (Å²) in [6.45, 7) is 5.36. The van der Waals surface area contributed by atoms with Crippen LogP contribution in [0, 0.1) is 17.2 Å². The molecule has 11 nitrogen and oxygen atoms in total. The third kappa shape index (κ3) is 5.69. The molecule has 2 aliphatic heterocycles. The zero-order valence-electron chi connectivity index (χ0n) is 21.1. The van der Waals surface area contributed by atoms with Crippen LogP contribution in [-0.4, -0.2) is 78.6 Å². The van der Waals surface area contributed by atoms with Gasteiger partial charge in [-0.3, -0.25) is 0 Å². The number of piperidine rings is 1. The number of thiazole rings is 1. The van der Waals surface area contributed by atoms with Gasteiger partial charge in [-0.05, 0) is 25.7 Å². The number of anilines is 3. The van der Waals surface area contributed by atoms with Gasteiger partial charge in [0.25, 0.3) is 0 Å². The molecular weight excluding hydrogens is 500 g/mol. The number of aromatic nitrogens is 3. The molecule has 36 heavy (non-hydrogen) atoms. The number of ether oxygens (including phenoxy) is 1. The maximum atomic E-state index is 13.4. The number of nitrogens with one attached hydrogen (secondary N) is 1. The summed E-state index contributed by atoms with van der Waals surface area (Å²) in [5.74, 6) is 1.52. The summed E-state index contributed by atoms with van der Waals surface area (Å²) in [7, 11) is 3.57. The smallest absolute Gasteiger partial charge is 0.230 e. The molecular formula is C23H34N8O3S2. The summed E-state index contributed by atoms with van der Waals surface area (Å²) in [6.07, 6.45) is 5.06. The number of nitrogens with zero attached hydrogens (tertiary/aromatic N) is 7. The molecule has 0 aromatic carbocycles. The van der Waals surface area contributed by atoms with Crippen LogP contribution >= 0.6 is 11.3 Å². The van der Waals surface area contributed by atoms with E-state index in [1.165, 1.54) is 11.3 Å². The van der Waals surface area contributed by atoms with Crippen LogP contribution in [-0.2, 0) is 18.2 Å². The Balaban J connectivity index is 1.51. The molecule has 2 saturated heterocycles. The normalized spacial score (nSPS) is 24.1. The predicted octanol–water partition coefficient (Wildman–Crippen LogP) is 2.67. The fraction of sp³-hybridized carbons (Fsp3) is 0.652. The van der Waals surface area contributed by atoms with E-state index in [1.807, 2.05) is 11.4 Å². The Morgan fingerprint density at radius 1 is 1.31 bits per heavy atom. The lowest BCUT2D eigenvalue weighted by Gasteiger charge is -2.48. The van der Waals surface area contributed by atoms with E-state index in [-0.39, 0.29) is 30.7 Å². The molecule has 0 bridgehead atoms. The second-order valence-corrected chi connectivity index (χ2v) is 11.6. The second-order valence-electron chi connectivity index (χ2n) is 9.13. The van der Waals surface area contributed by atoms with Crippen LogP contribution in [0.5, 0.6) is 5.88 Å². The van der Waals surface area contributed by atoms with E-state index < -0.39 is 11.5 Å². The summed E-state index contributed by atoms with van der Waals surface area (Å²) >= 11 is 0.123. The van der Waals surface area contributed by atoms with E-state index in [9.17, 15) is 9.66 Å². The third-order valence-corrected chi connectivity index (χ3v) is 9.48. The summed E-state index contributed by atoms with van der Waals surface area (Å²) in [4.78, 5) is 16.5. The number of rotatable bonds is 10. The Hall–Kier alpha value is -2.21. The Bertz CT molecular complexity index is 1050. The highest BCUT2D eigenvalue weighted by molar-refractivity contribution is 7.86. The summed E-state index contributed by atoms with van der Waals surface area (Å²) < 4.78 is 22.9. The molecule has 3 unspecified atom stereocenters. The van der Waals surface area contributed by atoms with Gasteiger partial charge in [0.05, 0.1) is 55.8 Å². The first-order valence-corrected chi connectivity index (χ1v) is 14.1. The van der Waals surface area contributed by atoms with E-state index in [0.29, 0.717) is 35.9 Å². The fourth-order valence-corrected chi connectivity index (χ4v) is 7.27. The molecule has 4 rings (SSSR count). The number of hydrogen-bond donors (Lipinski definition) is 2. The highest BCUT2D eigenvalue weighted by atomic mass is 32.2. The van der Waals surface area contributed by atoms with Crippen LogP contribution in [0.2, 0.25) is 0 Å². The van der Waals surface area contributed by atoms with Crippen molar-refractivity contribution in [3.8, 4) is 11.9 Å². The van der Waals surface area contributed by atoms with Crippen molar-refractivity contribution in [3.05, 3.63) is 17.1 Å². The van der Waals surface area contributed by atoms with Crippen molar-refractivity contribution in [1.29, 1.82) is 5.26 Å². The zero-order valence-corrected chi connectivity index (χ0v) is 22.8. The summed E-state index contributed by atoms with van der Waals surface area (Å²) in [5, 5.41) is 22.3. The van der Waals surface area contributed by atoms with Gasteiger partial charge in [0.1, 0.15) is 17.4 Å². The first-order valence-electron chi connectivity index (χ1n) is 12.2. The Labute approximate surface area is 219 Å². The van der Waals surface area contributed by atoms with Crippen LogP contribution in [0.1, 0.15) is 44.4 Å². The molecule has 0 amide bonds. The number of nitriles is 1. The molecule has 3 atom stereocenters. The molecule has 13 heteroatoms. The summed E-state index contributed by atoms with van der Waals surface area (Å²) in [6, 6.07) is 4.44. The van der Waals surface area contributed by atoms with Gasteiger partial charge in [-0.2, -0.15) is 15.2 Å². The van der Waals surface area contributed by atoms with Crippen molar-refractivity contribution >= 4 is 39.8 Å². The topological polar surface area (TPSA) is 137 Å². The number of hydrogen-bond acceptors (Lipinski definition) is 12. The monoisotopic (exact) mass is 534 g/mol. The minimum atomic E-state index is -1.24. The molecule has 0 saturated carbocycles. The van der Waals surface area contributed by atoms with Crippen molar-refractivity contribution in [3.63, 3.8) is 0 Å². The van der Waals surface area contributed by atoms with E-state index in [1.54, 1.807) is 19.4 Å². The predicted molar refractivity (Wildman–Crippen MR) is 140 cm³/mol. The van der Waals surface area contributed by atoms with Crippen LogP contribution < -0.4 is 15.0 Å². The molecule has 2 aliphatic rings. The molecule has 4 heterocycles. The van der Waals surface area contributed by atoms with E-state index >= 15 is 0 Å². The van der Waals surface area contributed by atoms with Gasteiger partial charge in [0, 0.05) is 25.4 Å². The highest BCUT2D eigenvalue weighted by Crippen LogP contribution is 2.36. The molecule has 2 fully saturated rings. The van der Waals surface area contributed by atoms with Crippen molar-refractivity contribution in [2.75, 3.05) is 37.5 Å². The lowest BCUT2D eigenvalue weighted by Crippen LogP contribution is -2.62. The largest absolute Gasteiger partial charge is 0.578 e. The molecule has 0 spiro atoms. The molecule has 2 aromatic rings. The highest BCUT2D eigenvalue weighted by Gasteiger charge is 2.48. The van der Waals surface area contributed by atoms with Crippen molar-refractivity contribution < 1.29 is 14.4 Å². The van der Waals surface area contributed by atoms with E-state index in [2.05, 4.69) is 44.4 Å². The number of aliphatic hydroxyl groups is 1. The quantitative estimate of drug-likeness (QED) is 0.435. The Morgan fingerprint density at radius 3 is 2.56 bits per heavy atom. The summed E-state index contributed by atoms with van der Waals surface area (Å²) in [5.41, 5.74) is 0. The molecule has 196 valence electrons. The van der Waals surface area contributed by atoms with Crippen LogP contribution in [0.25, 0.3) is 0 Å². The van der Waals surface area contributed by atoms with Crippen molar-refractivity contribution in [2.24, 2.45) is 5.92 Å². The van der Waals surface area contributed by atoms with Gasteiger partial charge in [0.15, 0.2) is 5.13 Å². The first kappa shape index (κ1) is 26.8. The Kier molecular flexibility index (Phi) is 8.87. The minimum Gasteiger partial charge on any atom is -0.578 e. The molecule has 2 N–H and O–H groups in total. The maximum absolute atomic E-state index is 13.4. The molecule has 0 radical (unpaired) electrons. The van der Waals surface area contributed by atoms with Gasteiger partial charge >= 0.3 is 0 Å². The van der Waals surface area contributed by atoms with E-state index in [4.69, 9.17) is 15.0 Å². The van der Waals surface area contributed by atoms with Crippen LogP contribution in [0.15, 0.2) is 12.3 Å². The number of aliphatic hydroxyl groups excluding tert-OH is 1. The molecule has 2 aromatic heterocycles. The van der Waals surface area contributed by atoms with Gasteiger partial charge in [-0.1, -0.05) is 25.2 Å². The van der Waals surface area contributed by atoms with Crippen LogP contribution in [0.3, 0.4) is 0 Å². The third-order valence-electron chi connectivity index (χ3n) is 6.89. The van der Waals surface area contributed by atoms with E-state index in [0.717, 1.165) is 30.6 Å². The van der Waals surface area contributed by atoms with Gasteiger partial charge in [-0.15, -0.1) is 8.61 Å². The van der Waals surface area contributed by atoms with Crippen molar-refractivity contribution in [1.82, 2.24) is 23.6 Å². The van der Waals surface area contributed by atoms with Gasteiger partial charge in [0.2, 0.25) is 11.8 Å². The van der Waals surface area contributed by atoms with Crippen molar-refractivity contribution in [2.45, 2.75) is 64.3 Å². The molecule has 0 aliphatic carbocycles. The van der Waals surface area contributed by atoms with Gasteiger partial charge in [-0.25, -0.2) is 4.98 Å². The SMILES string of the molecule is CCC1CC(N(C)c2nc(Nc3ncc(CO)s3)cc(OC)n2)CC(CC)N1[S+]([O-])N1CC(C#N)C1. The first-order chi connectivity index (χ1) is 17.4.